The van der Waals surface area contributed by atoms with E-state index in [9.17, 15) is 4.79 Å². The minimum Gasteiger partial charge on any atom is -0.467 e. The van der Waals surface area contributed by atoms with E-state index in [0.29, 0.717) is 0 Å². The smallest absolute Gasteiger partial charge is 0.333 e. The van der Waals surface area contributed by atoms with Gasteiger partial charge in [0.05, 0.1) is 13.4 Å². The van der Waals surface area contributed by atoms with Crippen LogP contribution < -0.4 is 5.73 Å². The average Bonchev–Trinajstić information content (AvgIpc) is 2.68. The Kier molecular flexibility index (Phi) is 2.67. The Hall–Kier alpha value is -1.36. The maximum atomic E-state index is 11.4. The molecule has 0 aliphatic rings. The molecule has 0 unspecified atom stereocenters. The third-order valence-corrected chi connectivity index (χ3v) is 2.10. The van der Waals surface area contributed by atoms with Gasteiger partial charge in [0.15, 0.2) is 5.54 Å². The zero-order chi connectivity index (χ0) is 9.90. The number of rotatable bonds is 3. The summed E-state index contributed by atoms with van der Waals surface area (Å²) in [7, 11) is 1.34. The molecule has 0 aliphatic heterocycles. The average molecular weight is 183 g/mol. The molecule has 72 valence electrons. The van der Waals surface area contributed by atoms with Crippen molar-refractivity contribution in [3.05, 3.63) is 18.7 Å². The van der Waals surface area contributed by atoms with Gasteiger partial charge in [0.2, 0.25) is 0 Å². The lowest BCUT2D eigenvalue weighted by Crippen LogP contribution is -2.45. The lowest BCUT2D eigenvalue weighted by Gasteiger charge is -2.26. The van der Waals surface area contributed by atoms with Crippen LogP contribution in [-0.2, 0) is 15.1 Å². The first-order valence-electron chi connectivity index (χ1n) is 3.92. The van der Waals surface area contributed by atoms with E-state index in [2.05, 4.69) is 9.72 Å². The number of ether oxygens (including phenoxy) is 1. The van der Waals surface area contributed by atoms with Gasteiger partial charge in [0, 0.05) is 18.9 Å². The molecule has 5 heteroatoms. The predicted octanol–water partition coefficient (Wildman–Crippen LogP) is -0.270. The molecule has 0 aromatic carbocycles. The molecule has 2 N–H and O–H groups in total. The summed E-state index contributed by atoms with van der Waals surface area (Å²) < 4.78 is 6.30. The topological polar surface area (TPSA) is 70.1 Å². The molecule has 0 fully saturated rings. The van der Waals surface area contributed by atoms with Gasteiger partial charge in [-0.1, -0.05) is 0 Å². The number of hydrogen-bond acceptors (Lipinski definition) is 4. The Labute approximate surface area is 76.5 Å². The van der Waals surface area contributed by atoms with Gasteiger partial charge in [0.25, 0.3) is 0 Å². The summed E-state index contributed by atoms with van der Waals surface area (Å²) in [6.45, 7) is 1.89. The van der Waals surface area contributed by atoms with Crippen molar-refractivity contribution in [1.29, 1.82) is 0 Å². The fourth-order valence-corrected chi connectivity index (χ4v) is 1.07. The van der Waals surface area contributed by atoms with Crippen molar-refractivity contribution in [2.45, 2.75) is 12.5 Å². The molecule has 5 nitrogen and oxygen atoms in total. The van der Waals surface area contributed by atoms with Crippen LogP contribution in [-0.4, -0.2) is 29.2 Å². The van der Waals surface area contributed by atoms with Crippen LogP contribution in [0.15, 0.2) is 18.7 Å². The molecule has 1 aromatic rings. The van der Waals surface area contributed by atoms with Crippen LogP contribution >= 0.6 is 0 Å². The van der Waals surface area contributed by atoms with Gasteiger partial charge >= 0.3 is 5.97 Å². The number of aromatic nitrogens is 2. The molecule has 0 bridgehead atoms. The maximum Gasteiger partial charge on any atom is 0.333 e. The van der Waals surface area contributed by atoms with Crippen LogP contribution in [0.1, 0.15) is 6.92 Å². The van der Waals surface area contributed by atoms with E-state index in [-0.39, 0.29) is 12.5 Å². The fraction of sp³-hybridized carbons (Fsp3) is 0.500. The van der Waals surface area contributed by atoms with E-state index < -0.39 is 5.54 Å². The fourth-order valence-electron chi connectivity index (χ4n) is 1.07. The van der Waals surface area contributed by atoms with Gasteiger partial charge in [-0.05, 0) is 6.92 Å². The molecule has 1 aromatic heterocycles. The molecule has 13 heavy (non-hydrogen) atoms. The summed E-state index contributed by atoms with van der Waals surface area (Å²) in [4.78, 5) is 15.3. The van der Waals surface area contributed by atoms with Gasteiger partial charge in [0.1, 0.15) is 0 Å². The molecular weight excluding hydrogens is 170 g/mol. The Morgan fingerprint density at radius 2 is 2.46 bits per heavy atom. The Morgan fingerprint density at radius 1 is 1.77 bits per heavy atom. The Bertz CT molecular complexity index is 284. The van der Waals surface area contributed by atoms with Crippen LogP contribution in [0.3, 0.4) is 0 Å². The van der Waals surface area contributed by atoms with Crippen LogP contribution in [0.2, 0.25) is 0 Å². The number of hydrogen-bond donors (Lipinski definition) is 1. The highest BCUT2D eigenvalue weighted by Crippen LogP contribution is 2.15. The van der Waals surface area contributed by atoms with E-state index in [1.165, 1.54) is 7.11 Å². The summed E-state index contributed by atoms with van der Waals surface area (Å²) >= 11 is 0. The van der Waals surface area contributed by atoms with Crippen molar-refractivity contribution in [3.63, 3.8) is 0 Å². The van der Waals surface area contributed by atoms with Crippen LogP contribution in [0.25, 0.3) is 0 Å². The van der Waals surface area contributed by atoms with Gasteiger partial charge in [-0.15, -0.1) is 0 Å². The predicted molar refractivity (Wildman–Crippen MR) is 46.9 cm³/mol. The van der Waals surface area contributed by atoms with Gasteiger partial charge in [-0.2, -0.15) is 0 Å². The molecule has 1 rings (SSSR count). The molecule has 0 amide bonds. The summed E-state index contributed by atoms with van der Waals surface area (Å²) in [6.07, 6.45) is 4.82. The first kappa shape index (κ1) is 9.73. The monoisotopic (exact) mass is 183 g/mol. The van der Waals surface area contributed by atoms with E-state index in [1.54, 1.807) is 30.2 Å². The molecule has 1 heterocycles. The summed E-state index contributed by atoms with van der Waals surface area (Å²) in [5.74, 6) is -0.368. The third-order valence-electron chi connectivity index (χ3n) is 2.10. The standard InChI is InChI=1S/C8H13N3O2/c1-8(5-9,7(12)13-2)11-4-3-10-6-11/h3-4,6H,5,9H2,1-2H3/t8-/m0/s1. The number of carbonyl (C=O) groups is 1. The highest BCUT2D eigenvalue weighted by molar-refractivity contribution is 5.78. The highest BCUT2D eigenvalue weighted by Gasteiger charge is 2.34. The number of methoxy groups -OCH3 is 1. The lowest BCUT2D eigenvalue weighted by atomic mass is 10.0. The van der Waals surface area contributed by atoms with Gasteiger partial charge in [-0.3, -0.25) is 0 Å². The van der Waals surface area contributed by atoms with Crippen LogP contribution in [0, 0.1) is 0 Å². The SMILES string of the molecule is COC(=O)[C@](C)(CN)n1ccnc1. The first-order chi connectivity index (χ1) is 6.15. The Morgan fingerprint density at radius 3 is 2.85 bits per heavy atom. The molecule has 0 saturated carbocycles. The summed E-state index contributed by atoms with van der Waals surface area (Å²) in [5.41, 5.74) is 4.67. The molecule has 0 saturated heterocycles. The van der Waals surface area contributed by atoms with Crippen LogP contribution in [0.4, 0.5) is 0 Å². The molecule has 0 aliphatic carbocycles. The summed E-state index contributed by atoms with van der Waals surface area (Å²) in [5, 5.41) is 0. The quantitative estimate of drug-likeness (QED) is 0.655. The van der Waals surface area contributed by atoms with Gasteiger partial charge in [-0.25, -0.2) is 9.78 Å². The molecular formula is C8H13N3O2. The minimum atomic E-state index is -0.856. The van der Waals surface area contributed by atoms with Crippen molar-refractivity contribution < 1.29 is 9.53 Å². The third kappa shape index (κ3) is 1.55. The van der Waals surface area contributed by atoms with E-state index in [0.717, 1.165) is 0 Å². The second-order valence-corrected chi connectivity index (χ2v) is 2.94. The first-order valence-corrected chi connectivity index (χ1v) is 3.92. The van der Waals surface area contributed by atoms with Crippen molar-refractivity contribution in [1.82, 2.24) is 9.55 Å². The van der Waals surface area contributed by atoms with E-state index in [1.807, 2.05) is 0 Å². The number of imidazole rings is 1. The Balaban J connectivity index is 3.01. The van der Waals surface area contributed by atoms with Crippen molar-refractivity contribution in [2.24, 2.45) is 5.73 Å². The zero-order valence-electron chi connectivity index (χ0n) is 7.73. The largest absolute Gasteiger partial charge is 0.467 e. The zero-order valence-corrected chi connectivity index (χ0v) is 7.73. The van der Waals surface area contributed by atoms with Crippen molar-refractivity contribution in [2.75, 3.05) is 13.7 Å². The number of nitrogens with two attached hydrogens (primary N) is 1. The summed E-state index contributed by atoms with van der Waals surface area (Å²) in [6, 6.07) is 0. The second kappa shape index (κ2) is 3.57. The van der Waals surface area contributed by atoms with E-state index >= 15 is 0 Å². The van der Waals surface area contributed by atoms with E-state index in [4.69, 9.17) is 5.73 Å². The number of nitrogens with zero attached hydrogens (tertiary/aromatic N) is 2. The number of esters is 1. The molecule has 0 spiro atoms. The minimum absolute atomic E-state index is 0.177. The molecule has 0 radical (unpaired) electrons. The van der Waals surface area contributed by atoms with Crippen molar-refractivity contribution >= 4 is 5.97 Å². The highest BCUT2D eigenvalue weighted by atomic mass is 16.5. The lowest BCUT2D eigenvalue weighted by molar-refractivity contribution is -0.149. The molecule has 1 atom stereocenters. The number of carbonyl (C=O) groups excluding carboxylic acids is 1. The normalized spacial score (nSPS) is 15.0. The van der Waals surface area contributed by atoms with Gasteiger partial charge < -0.3 is 15.0 Å². The van der Waals surface area contributed by atoms with Crippen molar-refractivity contribution in [3.8, 4) is 0 Å². The second-order valence-electron chi connectivity index (χ2n) is 2.94. The maximum absolute atomic E-state index is 11.4. The van der Waals surface area contributed by atoms with Crippen LogP contribution in [0.5, 0.6) is 0 Å².